The van der Waals surface area contributed by atoms with Crippen LogP contribution in [0.1, 0.15) is 12.5 Å². The second-order valence-corrected chi connectivity index (χ2v) is 6.08. The quantitative estimate of drug-likeness (QED) is 0.846. The van der Waals surface area contributed by atoms with Gasteiger partial charge in [-0.15, -0.1) is 0 Å². The zero-order chi connectivity index (χ0) is 16.8. The van der Waals surface area contributed by atoms with E-state index in [9.17, 15) is 0 Å². The molecule has 1 fully saturated rings. The lowest BCUT2D eigenvalue weighted by Crippen LogP contribution is -2.47. The maximum absolute atomic E-state index is 5.18. The van der Waals surface area contributed by atoms with Crippen LogP contribution in [0.15, 0.2) is 48.3 Å². The molecule has 0 N–H and O–H groups in total. The van der Waals surface area contributed by atoms with Gasteiger partial charge in [-0.3, -0.25) is 4.90 Å². The molecule has 1 saturated heterocycles. The zero-order valence-corrected chi connectivity index (χ0v) is 14.4. The average molecular weight is 324 g/mol. The molecular formula is C19H24N4O. The summed E-state index contributed by atoms with van der Waals surface area (Å²) < 4.78 is 5.18. The maximum atomic E-state index is 5.18. The predicted molar refractivity (Wildman–Crippen MR) is 97.3 cm³/mol. The molecule has 2 aromatic rings. The van der Waals surface area contributed by atoms with E-state index in [0.29, 0.717) is 5.88 Å². The second-order valence-electron chi connectivity index (χ2n) is 6.08. The van der Waals surface area contributed by atoms with Gasteiger partial charge >= 0.3 is 0 Å². The second kappa shape index (κ2) is 7.93. The Morgan fingerprint density at radius 2 is 1.88 bits per heavy atom. The van der Waals surface area contributed by atoms with Crippen molar-refractivity contribution in [1.29, 1.82) is 0 Å². The largest absolute Gasteiger partial charge is 0.481 e. The van der Waals surface area contributed by atoms with Crippen molar-refractivity contribution in [3.63, 3.8) is 0 Å². The third kappa shape index (κ3) is 4.32. The molecule has 0 atom stereocenters. The van der Waals surface area contributed by atoms with E-state index in [2.05, 4.69) is 57.0 Å². The third-order valence-electron chi connectivity index (χ3n) is 4.22. The molecule has 0 amide bonds. The molecule has 126 valence electrons. The maximum Gasteiger partial charge on any atom is 0.218 e. The first-order valence-corrected chi connectivity index (χ1v) is 8.30. The van der Waals surface area contributed by atoms with Crippen molar-refractivity contribution in [3.05, 3.63) is 53.9 Å². The van der Waals surface area contributed by atoms with Crippen molar-refractivity contribution in [2.45, 2.75) is 6.92 Å². The van der Waals surface area contributed by atoms with Crippen LogP contribution in [0.4, 0.5) is 5.82 Å². The summed E-state index contributed by atoms with van der Waals surface area (Å²) in [5.74, 6) is 1.56. The van der Waals surface area contributed by atoms with Crippen LogP contribution in [-0.4, -0.2) is 54.7 Å². The minimum atomic E-state index is 0.615. The normalized spacial score (nSPS) is 16.2. The topological polar surface area (TPSA) is 41.5 Å². The molecular weight excluding hydrogens is 300 g/mol. The molecule has 2 heterocycles. The van der Waals surface area contributed by atoms with Crippen LogP contribution in [-0.2, 0) is 0 Å². The molecule has 3 rings (SSSR count). The minimum Gasteiger partial charge on any atom is -0.481 e. The Balaban J connectivity index is 1.54. The van der Waals surface area contributed by atoms with Gasteiger partial charge in [0, 0.05) is 38.8 Å². The molecule has 0 bridgehead atoms. The van der Waals surface area contributed by atoms with Crippen LogP contribution in [0.3, 0.4) is 0 Å². The predicted octanol–water partition coefficient (Wildman–Crippen LogP) is 2.71. The molecule has 0 unspecified atom stereocenters. The Morgan fingerprint density at radius 1 is 1.12 bits per heavy atom. The van der Waals surface area contributed by atoms with Crippen LogP contribution in [0.5, 0.6) is 5.88 Å². The van der Waals surface area contributed by atoms with Gasteiger partial charge in [-0.1, -0.05) is 42.0 Å². The van der Waals surface area contributed by atoms with E-state index >= 15 is 0 Å². The lowest BCUT2D eigenvalue weighted by atomic mass is 10.1. The van der Waals surface area contributed by atoms with Crippen molar-refractivity contribution < 1.29 is 4.74 Å². The third-order valence-corrected chi connectivity index (χ3v) is 4.22. The van der Waals surface area contributed by atoms with Gasteiger partial charge in [-0.2, -0.15) is 0 Å². The summed E-state index contributed by atoms with van der Waals surface area (Å²) >= 11 is 0. The molecule has 0 spiro atoms. The number of anilines is 1. The number of nitrogens with zero attached hydrogens (tertiary/aromatic N) is 4. The number of benzene rings is 1. The van der Waals surface area contributed by atoms with Gasteiger partial charge in [-0.05, 0) is 12.5 Å². The highest BCUT2D eigenvalue weighted by Crippen LogP contribution is 2.18. The first-order valence-electron chi connectivity index (χ1n) is 8.30. The number of hydrogen-bond acceptors (Lipinski definition) is 5. The first kappa shape index (κ1) is 16.5. The number of rotatable bonds is 5. The van der Waals surface area contributed by atoms with E-state index in [1.807, 2.05) is 12.1 Å². The first-order chi connectivity index (χ1) is 11.7. The lowest BCUT2D eigenvalue weighted by molar-refractivity contribution is 0.278. The molecule has 5 heteroatoms. The summed E-state index contributed by atoms with van der Waals surface area (Å²) in [5, 5.41) is 0. The van der Waals surface area contributed by atoms with Crippen LogP contribution >= 0.6 is 0 Å². The molecule has 1 aromatic carbocycles. The van der Waals surface area contributed by atoms with E-state index in [4.69, 9.17) is 4.74 Å². The molecule has 5 nitrogen and oxygen atoms in total. The summed E-state index contributed by atoms with van der Waals surface area (Å²) in [7, 11) is 1.63. The Kier molecular flexibility index (Phi) is 5.43. The summed E-state index contributed by atoms with van der Waals surface area (Å²) in [5.41, 5.74) is 2.65. The van der Waals surface area contributed by atoms with Crippen LogP contribution < -0.4 is 9.64 Å². The fourth-order valence-electron chi connectivity index (χ4n) is 2.98. The van der Waals surface area contributed by atoms with Crippen molar-refractivity contribution in [2.75, 3.05) is 44.7 Å². The number of ether oxygens (including phenoxy) is 1. The van der Waals surface area contributed by atoms with Gasteiger partial charge in [0.05, 0.1) is 7.11 Å². The highest BCUT2D eigenvalue weighted by atomic mass is 16.5. The lowest BCUT2D eigenvalue weighted by Gasteiger charge is -2.35. The molecule has 1 aliphatic heterocycles. The average Bonchev–Trinajstić information content (AvgIpc) is 2.63. The Hall–Kier alpha value is -2.40. The molecule has 0 aliphatic carbocycles. The minimum absolute atomic E-state index is 0.615. The van der Waals surface area contributed by atoms with E-state index in [-0.39, 0.29) is 0 Å². The number of piperazine rings is 1. The van der Waals surface area contributed by atoms with Crippen molar-refractivity contribution in [2.24, 2.45) is 0 Å². The molecule has 0 radical (unpaired) electrons. The van der Waals surface area contributed by atoms with Crippen LogP contribution in [0.25, 0.3) is 6.08 Å². The van der Waals surface area contributed by atoms with Crippen LogP contribution in [0, 0.1) is 0 Å². The van der Waals surface area contributed by atoms with E-state index in [1.165, 1.54) is 11.1 Å². The number of methoxy groups -OCH3 is 1. The SMILES string of the molecule is COc1cc(N2CCN(C/C(C)=C/c3ccccc3)CC2)ncn1. The van der Waals surface area contributed by atoms with E-state index < -0.39 is 0 Å². The fourth-order valence-corrected chi connectivity index (χ4v) is 2.98. The number of hydrogen-bond donors (Lipinski definition) is 0. The van der Waals surface area contributed by atoms with Gasteiger partial charge in [0.2, 0.25) is 5.88 Å². The Bertz CT molecular complexity index is 679. The zero-order valence-electron chi connectivity index (χ0n) is 14.4. The summed E-state index contributed by atoms with van der Waals surface area (Å²) in [6.45, 7) is 7.22. The fraction of sp³-hybridized carbons (Fsp3) is 0.368. The summed E-state index contributed by atoms with van der Waals surface area (Å²) in [4.78, 5) is 13.2. The summed E-state index contributed by atoms with van der Waals surface area (Å²) in [6.07, 6.45) is 3.83. The van der Waals surface area contributed by atoms with E-state index in [0.717, 1.165) is 38.5 Å². The highest BCUT2D eigenvalue weighted by Gasteiger charge is 2.18. The molecule has 1 aliphatic rings. The van der Waals surface area contributed by atoms with Gasteiger partial charge in [-0.25, -0.2) is 9.97 Å². The monoisotopic (exact) mass is 324 g/mol. The Morgan fingerprint density at radius 3 is 2.58 bits per heavy atom. The molecule has 0 saturated carbocycles. The highest BCUT2D eigenvalue weighted by molar-refractivity contribution is 5.52. The smallest absolute Gasteiger partial charge is 0.218 e. The van der Waals surface area contributed by atoms with Gasteiger partial charge in [0.1, 0.15) is 12.1 Å². The number of aromatic nitrogens is 2. The summed E-state index contributed by atoms with van der Waals surface area (Å²) in [6, 6.07) is 12.4. The van der Waals surface area contributed by atoms with Crippen molar-refractivity contribution in [3.8, 4) is 5.88 Å². The van der Waals surface area contributed by atoms with E-state index in [1.54, 1.807) is 13.4 Å². The van der Waals surface area contributed by atoms with Gasteiger partial charge < -0.3 is 9.64 Å². The van der Waals surface area contributed by atoms with Crippen molar-refractivity contribution in [1.82, 2.24) is 14.9 Å². The van der Waals surface area contributed by atoms with Gasteiger partial charge in [0.15, 0.2) is 0 Å². The Labute approximate surface area is 143 Å². The molecule has 24 heavy (non-hydrogen) atoms. The molecule has 1 aromatic heterocycles. The van der Waals surface area contributed by atoms with Gasteiger partial charge in [0.25, 0.3) is 0 Å². The standard InChI is InChI=1S/C19H24N4O/c1-16(12-17-6-4-3-5-7-17)14-22-8-10-23(11-9-22)18-13-19(24-2)21-15-20-18/h3-7,12-13,15H,8-11,14H2,1-2H3/b16-12+. The van der Waals surface area contributed by atoms with Crippen LogP contribution in [0.2, 0.25) is 0 Å². The van der Waals surface area contributed by atoms with Crippen molar-refractivity contribution >= 4 is 11.9 Å².